The smallest absolute Gasteiger partial charge is 0.317 e. The average Bonchev–Trinajstić information content (AvgIpc) is 2.89. The number of methoxy groups -OCH3 is 1. The molecule has 7 nitrogen and oxygen atoms in total. The van der Waals surface area contributed by atoms with Crippen LogP contribution in [0.25, 0.3) is 0 Å². The number of carbonyl (C=O) groups excluding carboxylic acids is 1. The third-order valence-corrected chi connectivity index (χ3v) is 8.49. The molecule has 2 unspecified atom stereocenters. The second kappa shape index (κ2) is 11.1. The van der Waals surface area contributed by atoms with Crippen molar-refractivity contribution in [2.45, 2.75) is 37.0 Å². The molecule has 0 amide bonds. The van der Waals surface area contributed by atoms with Crippen LogP contribution in [-0.4, -0.2) is 54.0 Å². The first-order valence-corrected chi connectivity index (χ1v) is 13.4. The molecular formula is C28H31FN4O3S. The van der Waals surface area contributed by atoms with E-state index in [1.807, 2.05) is 18.2 Å². The van der Waals surface area contributed by atoms with E-state index in [-0.39, 0.29) is 17.7 Å². The van der Waals surface area contributed by atoms with E-state index >= 15 is 0 Å². The van der Waals surface area contributed by atoms with Crippen LogP contribution in [0.5, 0.6) is 5.88 Å². The fourth-order valence-corrected chi connectivity index (χ4v) is 6.09. The fourth-order valence-electron chi connectivity index (χ4n) is 5.10. The first-order chi connectivity index (χ1) is 18.0. The van der Waals surface area contributed by atoms with Crippen molar-refractivity contribution >= 4 is 35.5 Å². The maximum Gasteiger partial charge on any atom is 0.317 e. The van der Waals surface area contributed by atoms with Crippen molar-refractivity contribution in [2.24, 2.45) is 22.2 Å². The second-order valence-corrected chi connectivity index (χ2v) is 11.0. The molecule has 0 bridgehead atoms. The summed E-state index contributed by atoms with van der Waals surface area (Å²) in [6.45, 7) is 1.68. The minimum atomic E-state index is -0.848. The Kier molecular flexibility index (Phi) is 7.71. The van der Waals surface area contributed by atoms with Gasteiger partial charge in [0.1, 0.15) is 11.2 Å². The lowest BCUT2D eigenvalue weighted by Gasteiger charge is -2.46. The maximum atomic E-state index is 13.8. The van der Waals surface area contributed by atoms with Crippen LogP contribution in [0.4, 0.5) is 10.1 Å². The summed E-state index contributed by atoms with van der Waals surface area (Å²) in [5, 5.41) is 8.15. The van der Waals surface area contributed by atoms with Crippen molar-refractivity contribution in [1.29, 1.82) is 5.41 Å². The average molecular weight is 523 g/mol. The van der Waals surface area contributed by atoms with E-state index in [1.54, 1.807) is 37.4 Å². The Balaban J connectivity index is 1.43. The number of allylic oxidation sites excluding steroid dienone is 1. The summed E-state index contributed by atoms with van der Waals surface area (Å²) in [6, 6.07) is 9.78. The van der Waals surface area contributed by atoms with Gasteiger partial charge in [-0.05, 0) is 85.5 Å². The monoisotopic (exact) mass is 522 g/mol. The maximum absolute atomic E-state index is 13.8. The first-order valence-electron chi connectivity index (χ1n) is 12.6. The summed E-state index contributed by atoms with van der Waals surface area (Å²) < 4.78 is 26.7. The zero-order valence-electron chi connectivity index (χ0n) is 20.9. The zero-order valence-corrected chi connectivity index (χ0v) is 21.7. The Bertz CT molecular complexity index is 1200. The highest BCUT2D eigenvalue weighted by molar-refractivity contribution is 7.97. The summed E-state index contributed by atoms with van der Waals surface area (Å²) in [7, 11) is 1.59. The molecule has 1 aliphatic heterocycles. The van der Waals surface area contributed by atoms with Gasteiger partial charge < -0.3 is 14.9 Å². The number of halogens is 1. The Morgan fingerprint density at radius 1 is 1.30 bits per heavy atom. The second-order valence-electron chi connectivity index (χ2n) is 9.88. The third kappa shape index (κ3) is 5.62. The van der Waals surface area contributed by atoms with Crippen LogP contribution in [-0.2, 0) is 9.53 Å². The van der Waals surface area contributed by atoms with Gasteiger partial charge >= 0.3 is 5.97 Å². The number of ether oxygens (including phenoxy) is 2. The number of esters is 1. The number of aliphatic imine (C=N–C) groups is 1. The number of nitrogens with zero attached hydrogens (tertiary/aromatic N) is 3. The normalized spacial score (nSPS) is 25.1. The number of hydrogen-bond acceptors (Lipinski definition) is 8. The summed E-state index contributed by atoms with van der Waals surface area (Å²) in [5.74, 6) is 0.122. The van der Waals surface area contributed by atoms with E-state index in [1.165, 1.54) is 24.8 Å². The van der Waals surface area contributed by atoms with Crippen LogP contribution in [0.2, 0.25) is 0 Å². The Labute approximate surface area is 220 Å². The van der Waals surface area contributed by atoms with Crippen molar-refractivity contribution in [3.05, 3.63) is 60.1 Å². The molecule has 37 heavy (non-hydrogen) atoms. The number of fused-ring (bicyclic) bond motifs is 1. The lowest BCUT2D eigenvalue weighted by atomic mass is 9.65. The highest BCUT2D eigenvalue weighted by Gasteiger charge is 2.51. The van der Waals surface area contributed by atoms with Crippen molar-refractivity contribution in [1.82, 2.24) is 9.29 Å². The Morgan fingerprint density at radius 2 is 2.11 bits per heavy atom. The van der Waals surface area contributed by atoms with Gasteiger partial charge in [-0.25, -0.2) is 13.7 Å². The first kappa shape index (κ1) is 25.6. The molecular weight excluding hydrogens is 491 g/mol. The molecule has 9 heteroatoms. The zero-order chi connectivity index (χ0) is 25.8. The summed E-state index contributed by atoms with van der Waals surface area (Å²) >= 11 is 1.57. The van der Waals surface area contributed by atoms with Gasteiger partial charge in [0.15, 0.2) is 0 Å². The molecule has 2 aromatic rings. The molecule has 2 fully saturated rings. The largest absolute Gasteiger partial charge is 0.481 e. The lowest BCUT2D eigenvalue weighted by molar-refractivity contribution is -0.158. The molecule has 2 atom stereocenters. The number of piperidine rings is 1. The predicted molar refractivity (Wildman–Crippen MR) is 142 cm³/mol. The third-order valence-electron chi connectivity index (χ3n) is 7.47. The molecule has 1 aromatic heterocycles. The summed E-state index contributed by atoms with van der Waals surface area (Å²) in [6.07, 6.45) is 9.61. The van der Waals surface area contributed by atoms with E-state index in [0.29, 0.717) is 43.5 Å². The van der Waals surface area contributed by atoms with Crippen molar-refractivity contribution < 1.29 is 18.7 Å². The lowest BCUT2D eigenvalue weighted by Crippen LogP contribution is -2.52. The number of carbonyl (C=O) groups is 1. The van der Waals surface area contributed by atoms with E-state index < -0.39 is 5.41 Å². The highest BCUT2D eigenvalue weighted by Crippen LogP contribution is 2.47. The van der Waals surface area contributed by atoms with Crippen LogP contribution < -0.4 is 4.74 Å². The quantitative estimate of drug-likeness (QED) is 0.274. The van der Waals surface area contributed by atoms with Gasteiger partial charge in [-0.1, -0.05) is 6.42 Å². The molecule has 0 radical (unpaired) electrons. The van der Waals surface area contributed by atoms with Crippen molar-refractivity contribution in [2.75, 3.05) is 26.8 Å². The van der Waals surface area contributed by atoms with Gasteiger partial charge in [-0.2, -0.15) is 0 Å². The molecule has 1 saturated carbocycles. The van der Waals surface area contributed by atoms with Crippen LogP contribution in [0.1, 0.15) is 32.1 Å². The minimum absolute atomic E-state index is 0.212. The summed E-state index contributed by atoms with van der Waals surface area (Å²) in [5.41, 5.74) is 1.49. The number of pyridine rings is 1. The number of nitrogens with one attached hydrogen (secondary N) is 1. The number of rotatable bonds is 8. The summed E-state index contributed by atoms with van der Waals surface area (Å²) in [4.78, 5) is 23.7. The van der Waals surface area contributed by atoms with Crippen LogP contribution >= 0.6 is 11.9 Å². The fraction of sp³-hybridized carbons (Fsp3) is 0.429. The van der Waals surface area contributed by atoms with Gasteiger partial charge in [-0.3, -0.25) is 9.79 Å². The van der Waals surface area contributed by atoms with E-state index in [2.05, 4.69) is 9.29 Å². The predicted octanol–water partition coefficient (Wildman–Crippen LogP) is 5.64. The molecule has 0 spiro atoms. The Morgan fingerprint density at radius 3 is 2.76 bits per heavy atom. The number of benzene rings is 1. The topological polar surface area (TPSA) is 87.9 Å². The van der Waals surface area contributed by atoms with E-state index in [9.17, 15) is 9.18 Å². The molecule has 194 valence electrons. The number of aromatic nitrogens is 1. The van der Waals surface area contributed by atoms with E-state index in [4.69, 9.17) is 19.9 Å². The SMILES string of the molecule is COc1ccc(SN2CCC3=CC(=Nc4ccc(F)cc4)C(C=N)CC3(C(=O)OCC3CCC3)C2)cn1. The molecule has 1 saturated heterocycles. The van der Waals surface area contributed by atoms with Crippen molar-refractivity contribution in [3.8, 4) is 5.88 Å². The molecule has 2 heterocycles. The highest BCUT2D eigenvalue weighted by atomic mass is 32.2. The standard InChI is InChI=1S/C28H31FN4O3S/c1-35-26-10-9-24(16-31-26)37-33-12-11-21-13-25(32-23-7-5-22(29)6-8-23)20(15-30)14-28(21,18-33)27(34)36-17-19-3-2-4-19/h5-10,13,15-16,19-20,30H,2-4,11-12,14,17-18H2,1H3. The Hall–Kier alpha value is -3.04. The van der Waals surface area contributed by atoms with Gasteiger partial charge in [0.2, 0.25) is 5.88 Å². The van der Waals surface area contributed by atoms with Crippen LogP contribution in [0.3, 0.4) is 0 Å². The van der Waals surface area contributed by atoms with Crippen LogP contribution in [0.15, 0.2) is 64.1 Å². The molecule has 3 aliphatic rings. The van der Waals surface area contributed by atoms with E-state index in [0.717, 1.165) is 35.6 Å². The molecule has 5 rings (SSSR count). The number of hydrogen-bond donors (Lipinski definition) is 1. The van der Waals surface area contributed by atoms with Crippen LogP contribution in [0, 0.1) is 28.5 Å². The van der Waals surface area contributed by atoms with Gasteiger partial charge in [0.25, 0.3) is 0 Å². The molecule has 1 aromatic carbocycles. The molecule has 1 N–H and O–H groups in total. The van der Waals surface area contributed by atoms with Crippen molar-refractivity contribution in [3.63, 3.8) is 0 Å². The van der Waals surface area contributed by atoms with Gasteiger partial charge in [0.05, 0.1) is 19.4 Å². The minimum Gasteiger partial charge on any atom is -0.481 e. The van der Waals surface area contributed by atoms with Gasteiger partial charge in [0, 0.05) is 48.1 Å². The van der Waals surface area contributed by atoms with Gasteiger partial charge in [-0.15, -0.1) is 0 Å². The molecule has 2 aliphatic carbocycles.